The maximum atomic E-state index is 14.3. The van der Waals surface area contributed by atoms with Crippen LogP contribution in [0.3, 0.4) is 0 Å². The van der Waals surface area contributed by atoms with Crippen LogP contribution in [-0.2, 0) is 27.6 Å². The van der Waals surface area contributed by atoms with E-state index in [2.05, 4.69) is 234 Å². The van der Waals surface area contributed by atoms with Gasteiger partial charge in [-0.3, -0.25) is 0 Å². The summed E-state index contributed by atoms with van der Waals surface area (Å²) in [6.07, 6.45) is 11.8. The fraction of sp³-hybridized carbons (Fsp3) is 0.227. The predicted molar refractivity (Wildman–Crippen MR) is 289 cm³/mol. The molecule has 0 spiro atoms. The van der Waals surface area contributed by atoms with Crippen molar-refractivity contribution in [3.05, 3.63) is 234 Å². The van der Waals surface area contributed by atoms with E-state index < -0.39 is 0 Å². The van der Waals surface area contributed by atoms with Crippen molar-refractivity contribution >= 4 is 0 Å². The van der Waals surface area contributed by atoms with Gasteiger partial charge in [0.2, 0.25) is 17.1 Å². The molecular formula is C66H68F2N3+3. The molecule has 3 aromatic heterocycles. The second-order valence-corrected chi connectivity index (χ2v) is 19.7. The average Bonchev–Trinajstić information content (AvgIpc) is 3.92. The molecule has 0 bridgehead atoms. The van der Waals surface area contributed by atoms with Gasteiger partial charge >= 0.3 is 0 Å². The highest BCUT2D eigenvalue weighted by molar-refractivity contribution is 5.71. The second kappa shape index (κ2) is 23.0. The van der Waals surface area contributed by atoms with Crippen LogP contribution < -0.4 is 13.7 Å². The molecule has 358 valence electrons. The lowest BCUT2D eigenvalue weighted by atomic mass is 9.93. The summed E-state index contributed by atoms with van der Waals surface area (Å²) < 4.78 is 34.9. The van der Waals surface area contributed by atoms with Gasteiger partial charge in [-0.2, -0.15) is 0 Å². The zero-order valence-corrected chi connectivity index (χ0v) is 42.8. The Morgan fingerprint density at radius 1 is 0.437 bits per heavy atom. The molecule has 1 saturated carbocycles. The number of pyridine rings is 3. The number of benzene rings is 6. The summed E-state index contributed by atoms with van der Waals surface area (Å²) in [7, 11) is 6.23. The van der Waals surface area contributed by atoms with Crippen LogP contribution in [0.1, 0.15) is 73.3 Å². The fourth-order valence-electron chi connectivity index (χ4n) is 9.97. The first kappa shape index (κ1) is 50.0. The minimum absolute atomic E-state index is 0.0541. The summed E-state index contributed by atoms with van der Waals surface area (Å²) >= 11 is 0. The van der Waals surface area contributed by atoms with E-state index >= 15 is 0 Å². The van der Waals surface area contributed by atoms with Gasteiger partial charge in [0, 0.05) is 52.1 Å². The molecule has 0 unspecified atom stereocenters. The average molecular weight is 941 g/mol. The SMILES string of the molecule is Cc1ccccc1-c1cc(-c2ccccc2)cc[n+]1C.Cc1ccccc1-c1ccc(-c2ccc(F)c(C3CCCC3)c2)c[n+]1C.Cc1ccccc1-c1ccc(-c2ccc(F)c(CC(C)C)c2)c[n+]1C. The summed E-state index contributed by atoms with van der Waals surface area (Å²) in [6.45, 7) is 10.6. The molecule has 0 atom stereocenters. The maximum Gasteiger partial charge on any atom is 0.213 e. The monoisotopic (exact) mass is 941 g/mol. The van der Waals surface area contributed by atoms with Crippen LogP contribution >= 0.6 is 0 Å². The van der Waals surface area contributed by atoms with Crippen molar-refractivity contribution in [3.8, 4) is 67.2 Å². The van der Waals surface area contributed by atoms with Crippen molar-refractivity contribution in [2.24, 2.45) is 27.1 Å². The van der Waals surface area contributed by atoms with Crippen molar-refractivity contribution in [2.45, 2.75) is 72.6 Å². The number of halogens is 2. The van der Waals surface area contributed by atoms with Crippen molar-refractivity contribution in [1.29, 1.82) is 0 Å². The molecule has 1 fully saturated rings. The number of nitrogens with zero attached hydrogens (tertiary/aromatic N) is 3. The van der Waals surface area contributed by atoms with Crippen LogP contribution in [0.5, 0.6) is 0 Å². The van der Waals surface area contributed by atoms with Gasteiger partial charge in [0.25, 0.3) is 0 Å². The molecule has 1 aliphatic carbocycles. The fourth-order valence-corrected chi connectivity index (χ4v) is 9.97. The summed E-state index contributed by atoms with van der Waals surface area (Å²) in [5.41, 5.74) is 19.8. The van der Waals surface area contributed by atoms with Crippen LogP contribution in [0.4, 0.5) is 8.78 Å². The van der Waals surface area contributed by atoms with Gasteiger partial charge in [-0.15, -0.1) is 0 Å². The smallest absolute Gasteiger partial charge is 0.207 e. The van der Waals surface area contributed by atoms with Crippen molar-refractivity contribution in [3.63, 3.8) is 0 Å². The second-order valence-electron chi connectivity index (χ2n) is 19.7. The van der Waals surface area contributed by atoms with Gasteiger partial charge in [0.15, 0.2) is 18.6 Å². The van der Waals surface area contributed by atoms with Crippen molar-refractivity contribution in [1.82, 2.24) is 0 Å². The van der Waals surface area contributed by atoms with Crippen molar-refractivity contribution in [2.75, 3.05) is 0 Å². The van der Waals surface area contributed by atoms with E-state index in [1.54, 1.807) is 12.1 Å². The summed E-state index contributed by atoms with van der Waals surface area (Å²) in [5, 5.41) is 0. The van der Waals surface area contributed by atoms with E-state index in [1.165, 1.54) is 74.4 Å². The number of rotatable bonds is 9. The first-order chi connectivity index (χ1) is 34.3. The van der Waals surface area contributed by atoms with Gasteiger partial charge in [0.05, 0.1) is 0 Å². The Hall–Kier alpha value is -7.37. The zero-order valence-electron chi connectivity index (χ0n) is 42.8. The van der Waals surface area contributed by atoms with Crippen LogP contribution in [0, 0.1) is 38.3 Å². The molecule has 1 aliphatic rings. The third-order valence-electron chi connectivity index (χ3n) is 13.9. The van der Waals surface area contributed by atoms with Crippen molar-refractivity contribution < 1.29 is 22.5 Å². The zero-order chi connectivity index (χ0) is 50.0. The van der Waals surface area contributed by atoms with Crippen LogP contribution in [0.15, 0.2) is 195 Å². The van der Waals surface area contributed by atoms with Gasteiger partial charge in [-0.25, -0.2) is 22.5 Å². The molecule has 0 saturated heterocycles. The van der Waals surface area contributed by atoms with E-state index in [-0.39, 0.29) is 11.6 Å². The molecule has 5 heteroatoms. The maximum absolute atomic E-state index is 14.3. The van der Waals surface area contributed by atoms with Crippen LogP contribution in [-0.4, -0.2) is 0 Å². The highest BCUT2D eigenvalue weighted by Gasteiger charge is 2.22. The first-order valence-corrected chi connectivity index (χ1v) is 25.2. The minimum atomic E-state index is -0.113. The number of aryl methyl sites for hydroxylation is 6. The highest BCUT2D eigenvalue weighted by Crippen LogP contribution is 2.37. The Bertz CT molecular complexity index is 3260. The molecule has 0 radical (unpaired) electrons. The van der Waals surface area contributed by atoms with Crippen LogP contribution in [0.2, 0.25) is 0 Å². The van der Waals surface area contributed by atoms with E-state index in [9.17, 15) is 8.78 Å². The topological polar surface area (TPSA) is 11.6 Å². The van der Waals surface area contributed by atoms with E-state index in [0.717, 1.165) is 52.6 Å². The number of hydrogen-bond donors (Lipinski definition) is 0. The summed E-state index contributed by atoms with van der Waals surface area (Å²) in [5.74, 6) is 0.652. The Morgan fingerprint density at radius 2 is 0.887 bits per heavy atom. The van der Waals surface area contributed by atoms with Gasteiger partial charge in [-0.1, -0.05) is 124 Å². The lowest BCUT2D eigenvalue weighted by Gasteiger charge is -2.13. The summed E-state index contributed by atoms with van der Waals surface area (Å²) in [4.78, 5) is 0. The third kappa shape index (κ3) is 12.2. The Kier molecular flexibility index (Phi) is 16.2. The number of hydrogen-bond acceptors (Lipinski definition) is 0. The van der Waals surface area contributed by atoms with Gasteiger partial charge in [-0.05, 0) is 157 Å². The first-order valence-electron chi connectivity index (χ1n) is 25.2. The van der Waals surface area contributed by atoms with E-state index in [0.29, 0.717) is 11.8 Å². The Morgan fingerprint density at radius 3 is 1.39 bits per heavy atom. The number of aromatic nitrogens is 3. The van der Waals surface area contributed by atoms with Crippen LogP contribution in [0.25, 0.3) is 67.2 Å². The quantitative estimate of drug-likeness (QED) is 0.128. The normalized spacial score (nSPS) is 12.3. The minimum Gasteiger partial charge on any atom is -0.207 e. The molecule has 0 N–H and O–H groups in total. The molecule has 0 aliphatic heterocycles. The largest absolute Gasteiger partial charge is 0.213 e. The molecule has 9 aromatic rings. The molecule has 0 amide bonds. The molecule has 10 rings (SSSR count). The van der Waals surface area contributed by atoms with Gasteiger partial charge < -0.3 is 0 Å². The molecule has 3 nitrogen and oxygen atoms in total. The molecule has 6 aromatic carbocycles. The Labute approximate surface area is 421 Å². The lowest BCUT2D eigenvalue weighted by Crippen LogP contribution is -2.30. The van der Waals surface area contributed by atoms with E-state index in [4.69, 9.17) is 0 Å². The molecular weight excluding hydrogens is 873 g/mol. The third-order valence-corrected chi connectivity index (χ3v) is 13.9. The lowest BCUT2D eigenvalue weighted by molar-refractivity contribution is -0.660. The predicted octanol–water partition coefficient (Wildman–Crippen LogP) is 15.6. The highest BCUT2D eigenvalue weighted by atomic mass is 19.1. The van der Waals surface area contributed by atoms with Gasteiger partial charge in [0.1, 0.15) is 32.8 Å². The summed E-state index contributed by atoms with van der Waals surface area (Å²) in [6, 6.07) is 59.9. The standard InChI is InChI=1S/C24H25FN.C23H25FN.C19H18N/c1-17-7-3-6-10-21(17)24-14-12-20(16-26(24)2)19-11-13-23(25)22(15-19)18-8-4-5-9-18;1-16(2)13-20-14-18(9-11-22(20)24)19-10-12-23(25(4)15-19)21-8-6-5-7-17(21)3;1-15-8-6-7-11-18(15)19-14-17(12-13-20(19)2)16-9-4-3-5-10-16/h3,6-7,10-16,18H,4-5,8-9H2,1-2H3;5-12,14-16H,13H2,1-4H3;3-14H,1-2H3/q3*+1. The molecule has 71 heavy (non-hydrogen) atoms. The molecule has 3 heterocycles. The van der Waals surface area contributed by atoms with E-state index in [1.807, 2.05) is 18.2 Å². The Balaban J connectivity index is 0.000000144.